The zero-order valence-corrected chi connectivity index (χ0v) is 9.87. The molecule has 90 valence electrons. The van der Waals surface area contributed by atoms with Crippen molar-refractivity contribution in [2.75, 3.05) is 0 Å². The van der Waals surface area contributed by atoms with Crippen LogP contribution in [0.5, 0.6) is 0 Å². The summed E-state index contributed by atoms with van der Waals surface area (Å²) in [6, 6.07) is 3.31. The van der Waals surface area contributed by atoms with Gasteiger partial charge in [-0.25, -0.2) is 14.8 Å². The van der Waals surface area contributed by atoms with Crippen LogP contribution in [0.3, 0.4) is 0 Å². The predicted octanol–water partition coefficient (Wildman–Crippen LogP) is 0.776. The smallest absolute Gasteiger partial charge is 0.307 e. The molecule has 6 nitrogen and oxygen atoms in total. The number of aryl methyl sites for hydroxylation is 2. The van der Waals surface area contributed by atoms with Crippen LogP contribution in [0.25, 0.3) is 21.9 Å². The van der Waals surface area contributed by atoms with Crippen molar-refractivity contribution >= 4 is 21.9 Å². The highest BCUT2D eigenvalue weighted by molar-refractivity contribution is 5.92. The Balaban J connectivity index is 2.55. The number of H-pyrrole nitrogens is 2. The van der Waals surface area contributed by atoms with Crippen LogP contribution in [0.4, 0.5) is 0 Å². The van der Waals surface area contributed by atoms with Gasteiger partial charge < -0.3 is 4.98 Å². The summed E-state index contributed by atoms with van der Waals surface area (Å²) in [6.07, 6.45) is 0. The largest absolute Gasteiger partial charge is 0.326 e. The van der Waals surface area contributed by atoms with Crippen molar-refractivity contribution < 1.29 is 0 Å². The molecule has 0 unspecified atom stereocenters. The Labute approximate surface area is 101 Å². The molecule has 0 aliphatic rings. The number of hydrogen-bond donors (Lipinski definition) is 2. The Bertz CT molecular complexity index is 892. The molecule has 0 aliphatic carbocycles. The number of aromatic nitrogens is 4. The fourth-order valence-electron chi connectivity index (χ4n) is 1.89. The Morgan fingerprint density at radius 1 is 0.944 bits per heavy atom. The first-order chi connectivity index (χ1) is 8.54. The van der Waals surface area contributed by atoms with Gasteiger partial charge in [-0.1, -0.05) is 0 Å². The van der Waals surface area contributed by atoms with E-state index in [9.17, 15) is 9.59 Å². The van der Waals surface area contributed by atoms with E-state index in [1.54, 1.807) is 12.1 Å². The van der Waals surface area contributed by atoms with Gasteiger partial charge in [0.15, 0.2) is 0 Å². The van der Waals surface area contributed by atoms with Gasteiger partial charge in [0.1, 0.15) is 0 Å². The highest BCUT2D eigenvalue weighted by Gasteiger charge is 2.06. The lowest BCUT2D eigenvalue weighted by molar-refractivity contribution is 1.07. The van der Waals surface area contributed by atoms with E-state index in [2.05, 4.69) is 19.9 Å². The number of nitrogens with zero attached hydrogens (tertiary/aromatic N) is 2. The van der Waals surface area contributed by atoms with Gasteiger partial charge in [-0.15, -0.1) is 0 Å². The first-order valence-corrected chi connectivity index (χ1v) is 5.46. The van der Waals surface area contributed by atoms with E-state index in [-0.39, 0.29) is 0 Å². The van der Waals surface area contributed by atoms with Crippen LogP contribution in [-0.2, 0) is 0 Å². The quantitative estimate of drug-likeness (QED) is 0.570. The second kappa shape index (κ2) is 3.49. The molecule has 18 heavy (non-hydrogen) atoms. The zero-order valence-electron chi connectivity index (χ0n) is 9.87. The first-order valence-electron chi connectivity index (χ1n) is 5.46. The summed E-state index contributed by atoms with van der Waals surface area (Å²) in [5, 5.41) is 0.402. The van der Waals surface area contributed by atoms with Crippen molar-refractivity contribution in [2.24, 2.45) is 0 Å². The molecule has 1 aromatic carbocycles. The van der Waals surface area contributed by atoms with Crippen molar-refractivity contribution in [1.82, 2.24) is 19.9 Å². The van der Waals surface area contributed by atoms with E-state index in [1.165, 1.54) is 0 Å². The lowest BCUT2D eigenvalue weighted by Gasteiger charge is -2.03. The van der Waals surface area contributed by atoms with E-state index in [1.807, 2.05) is 13.8 Å². The molecular weight excluding hydrogens is 232 g/mol. The van der Waals surface area contributed by atoms with E-state index in [0.29, 0.717) is 21.9 Å². The van der Waals surface area contributed by atoms with Gasteiger partial charge in [-0.2, -0.15) is 0 Å². The Kier molecular flexibility index (Phi) is 2.07. The van der Waals surface area contributed by atoms with Gasteiger partial charge in [-0.3, -0.25) is 9.78 Å². The molecule has 2 aromatic heterocycles. The minimum Gasteiger partial charge on any atom is -0.307 e. The lowest BCUT2D eigenvalue weighted by Crippen LogP contribution is -2.21. The molecule has 6 heteroatoms. The second-order valence-electron chi connectivity index (χ2n) is 4.19. The molecule has 0 amide bonds. The molecule has 3 aromatic rings. The maximum atomic E-state index is 11.7. The number of nitrogens with one attached hydrogen (secondary N) is 2. The van der Waals surface area contributed by atoms with Gasteiger partial charge in [0.2, 0.25) is 0 Å². The third-order valence-electron chi connectivity index (χ3n) is 2.93. The number of hydrogen-bond acceptors (Lipinski definition) is 4. The summed E-state index contributed by atoms with van der Waals surface area (Å²) in [7, 11) is 0. The van der Waals surface area contributed by atoms with E-state index in [4.69, 9.17) is 0 Å². The Morgan fingerprint density at radius 3 is 2.22 bits per heavy atom. The van der Waals surface area contributed by atoms with Crippen LogP contribution in [-0.4, -0.2) is 19.9 Å². The SMILES string of the molecule is Cc1nc2cc3[nH]c(=O)[nH]c(=O)c3cc2nc1C. The van der Waals surface area contributed by atoms with Crippen molar-refractivity contribution in [3.63, 3.8) is 0 Å². The maximum Gasteiger partial charge on any atom is 0.326 e. The third-order valence-corrected chi connectivity index (χ3v) is 2.93. The minimum absolute atomic E-state index is 0.402. The monoisotopic (exact) mass is 242 g/mol. The zero-order chi connectivity index (χ0) is 12.9. The summed E-state index contributed by atoms with van der Waals surface area (Å²) in [6.45, 7) is 3.73. The van der Waals surface area contributed by atoms with Crippen LogP contribution in [0.2, 0.25) is 0 Å². The number of fused-ring (bicyclic) bond motifs is 2. The summed E-state index contributed by atoms with van der Waals surface area (Å²) >= 11 is 0. The van der Waals surface area contributed by atoms with Gasteiger partial charge in [-0.05, 0) is 26.0 Å². The molecule has 0 saturated carbocycles. The third kappa shape index (κ3) is 1.50. The highest BCUT2D eigenvalue weighted by Crippen LogP contribution is 2.16. The molecule has 0 spiro atoms. The van der Waals surface area contributed by atoms with Gasteiger partial charge in [0, 0.05) is 0 Å². The number of aromatic amines is 2. The van der Waals surface area contributed by atoms with Crippen molar-refractivity contribution in [3.05, 3.63) is 44.4 Å². The average Bonchev–Trinajstić information content (AvgIpc) is 2.29. The number of rotatable bonds is 0. The first kappa shape index (κ1) is 10.6. The van der Waals surface area contributed by atoms with E-state index in [0.717, 1.165) is 11.4 Å². The molecule has 0 radical (unpaired) electrons. The Hall–Kier alpha value is -2.50. The number of benzene rings is 1. The van der Waals surface area contributed by atoms with Crippen molar-refractivity contribution in [2.45, 2.75) is 13.8 Å². The van der Waals surface area contributed by atoms with Crippen LogP contribution in [0.1, 0.15) is 11.4 Å². The molecular formula is C12H10N4O2. The van der Waals surface area contributed by atoms with Crippen LogP contribution in [0.15, 0.2) is 21.7 Å². The minimum atomic E-state index is -0.524. The fourth-order valence-corrected chi connectivity index (χ4v) is 1.89. The maximum absolute atomic E-state index is 11.7. The van der Waals surface area contributed by atoms with Crippen LogP contribution < -0.4 is 11.2 Å². The van der Waals surface area contributed by atoms with Gasteiger partial charge in [0.25, 0.3) is 5.56 Å². The highest BCUT2D eigenvalue weighted by atomic mass is 16.2. The van der Waals surface area contributed by atoms with Gasteiger partial charge >= 0.3 is 5.69 Å². The lowest BCUT2D eigenvalue weighted by atomic mass is 10.2. The van der Waals surface area contributed by atoms with E-state index < -0.39 is 11.2 Å². The standard InChI is InChI=1S/C12H10N4O2/c1-5-6(2)14-10-4-8-7(3-9(10)13-5)11(17)16-12(18)15-8/h3-4H,1-2H3,(H2,15,16,17,18). The van der Waals surface area contributed by atoms with E-state index >= 15 is 0 Å². The van der Waals surface area contributed by atoms with Crippen LogP contribution >= 0.6 is 0 Å². The second-order valence-corrected chi connectivity index (χ2v) is 4.19. The average molecular weight is 242 g/mol. The van der Waals surface area contributed by atoms with Crippen molar-refractivity contribution in [3.8, 4) is 0 Å². The topological polar surface area (TPSA) is 91.5 Å². The molecule has 3 rings (SSSR count). The van der Waals surface area contributed by atoms with Crippen LogP contribution in [0, 0.1) is 13.8 Å². The molecule has 2 N–H and O–H groups in total. The Morgan fingerprint density at radius 2 is 1.56 bits per heavy atom. The summed E-state index contributed by atoms with van der Waals surface area (Å²) in [4.78, 5) is 36.4. The summed E-state index contributed by atoms with van der Waals surface area (Å²) in [5.74, 6) is 0. The fraction of sp³-hybridized carbons (Fsp3) is 0.167. The summed E-state index contributed by atoms with van der Waals surface area (Å²) in [5.41, 5.74) is 2.47. The molecule has 2 heterocycles. The predicted molar refractivity (Wildman–Crippen MR) is 67.8 cm³/mol. The normalized spacial score (nSPS) is 11.2. The summed E-state index contributed by atoms with van der Waals surface area (Å²) < 4.78 is 0. The molecule has 0 saturated heterocycles. The molecule has 0 aliphatic heterocycles. The molecule has 0 atom stereocenters. The molecule has 0 fully saturated rings. The van der Waals surface area contributed by atoms with Gasteiger partial charge in [0.05, 0.1) is 33.3 Å². The molecule has 0 bridgehead atoms. The van der Waals surface area contributed by atoms with Crippen molar-refractivity contribution in [1.29, 1.82) is 0 Å².